The molecule has 28 heavy (non-hydrogen) atoms. The van der Waals surface area contributed by atoms with Crippen molar-refractivity contribution in [3.63, 3.8) is 0 Å². The number of carbonyl (C=O) groups excluding carboxylic acids is 2. The topological polar surface area (TPSA) is 92.6 Å². The van der Waals surface area contributed by atoms with Gasteiger partial charge in [0.05, 0.1) is 6.54 Å². The molecule has 1 heterocycles. The maximum absolute atomic E-state index is 12.2. The monoisotopic (exact) mass is 381 g/mol. The molecule has 0 fully saturated rings. The minimum absolute atomic E-state index is 0.166. The van der Waals surface area contributed by atoms with Gasteiger partial charge in [-0.25, -0.2) is 10.2 Å². The van der Waals surface area contributed by atoms with Crippen LogP contribution in [0.1, 0.15) is 27.2 Å². The molecule has 3 N–H and O–H groups in total. The van der Waals surface area contributed by atoms with E-state index in [1.807, 2.05) is 50.2 Å². The van der Waals surface area contributed by atoms with Gasteiger partial charge >= 0.3 is 11.9 Å². The van der Waals surface area contributed by atoms with E-state index in [1.165, 1.54) is 0 Å². The Morgan fingerprint density at radius 3 is 2.57 bits per heavy atom. The van der Waals surface area contributed by atoms with E-state index < -0.39 is 11.9 Å². The Bertz CT molecular complexity index is 1010. The summed E-state index contributed by atoms with van der Waals surface area (Å²) in [6.45, 7) is 6.39. The fraction of sp³-hybridized carbons (Fsp3) is 0.238. The van der Waals surface area contributed by atoms with Crippen LogP contribution in [0.4, 0.5) is 4.79 Å². The van der Waals surface area contributed by atoms with Crippen molar-refractivity contribution in [2.45, 2.75) is 20.8 Å². The summed E-state index contributed by atoms with van der Waals surface area (Å²) in [5, 5.41) is 3.47. The number of aryl methyl sites for hydroxylation is 3. The maximum Gasteiger partial charge on any atom is 0.333 e. The van der Waals surface area contributed by atoms with Crippen molar-refractivity contribution in [2.24, 2.45) is 0 Å². The molecule has 7 heteroatoms. The normalized spacial score (nSPS) is 10.5. The quantitative estimate of drug-likeness (QED) is 0.467. The second kappa shape index (κ2) is 8.47. The van der Waals surface area contributed by atoms with Crippen LogP contribution in [0.5, 0.6) is 5.75 Å². The number of hydrogen-bond acceptors (Lipinski definition) is 4. The van der Waals surface area contributed by atoms with E-state index in [1.54, 1.807) is 13.0 Å². The molecule has 0 aliphatic rings. The Balaban J connectivity index is 1.43. The van der Waals surface area contributed by atoms with E-state index in [4.69, 9.17) is 9.15 Å². The Hall–Kier alpha value is -3.48. The van der Waals surface area contributed by atoms with Gasteiger partial charge < -0.3 is 14.5 Å². The number of para-hydroxylation sites is 1. The second-order valence-corrected chi connectivity index (χ2v) is 6.50. The van der Waals surface area contributed by atoms with Crippen molar-refractivity contribution >= 4 is 22.9 Å². The first kappa shape index (κ1) is 19.3. The predicted octanol–water partition coefficient (Wildman–Crippen LogP) is 3.38. The van der Waals surface area contributed by atoms with E-state index in [2.05, 4.69) is 16.2 Å². The van der Waals surface area contributed by atoms with Crippen LogP contribution in [0.2, 0.25) is 0 Å². The molecule has 0 aliphatic carbocycles. The first-order valence-electron chi connectivity index (χ1n) is 8.98. The van der Waals surface area contributed by atoms with Crippen molar-refractivity contribution < 1.29 is 18.7 Å². The highest BCUT2D eigenvalue weighted by atomic mass is 16.5. The van der Waals surface area contributed by atoms with Gasteiger partial charge in [0.15, 0.2) is 5.76 Å². The van der Waals surface area contributed by atoms with E-state index in [0.29, 0.717) is 18.7 Å². The van der Waals surface area contributed by atoms with Crippen molar-refractivity contribution in [1.82, 2.24) is 16.2 Å². The number of hydrazine groups is 1. The van der Waals surface area contributed by atoms with E-state index in [9.17, 15) is 9.59 Å². The van der Waals surface area contributed by atoms with Crippen molar-refractivity contribution in [3.05, 3.63) is 64.9 Å². The lowest BCUT2D eigenvalue weighted by Crippen LogP contribution is -2.47. The third-order valence-electron chi connectivity index (χ3n) is 4.32. The van der Waals surface area contributed by atoms with Gasteiger partial charge in [0, 0.05) is 10.9 Å². The molecule has 3 rings (SSSR count). The summed E-state index contributed by atoms with van der Waals surface area (Å²) in [5.74, 6) is 0.427. The second-order valence-electron chi connectivity index (χ2n) is 6.50. The van der Waals surface area contributed by atoms with Crippen LogP contribution in [-0.2, 0) is 0 Å². The lowest BCUT2D eigenvalue weighted by Gasteiger charge is -2.11. The highest BCUT2D eigenvalue weighted by Gasteiger charge is 2.17. The van der Waals surface area contributed by atoms with Gasteiger partial charge in [-0.2, -0.15) is 0 Å². The van der Waals surface area contributed by atoms with Crippen LogP contribution >= 0.6 is 0 Å². The van der Waals surface area contributed by atoms with Gasteiger partial charge in [-0.1, -0.05) is 35.9 Å². The minimum Gasteiger partial charge on any atom is -0.491 e. The average Bonchev–Trinajstić information content (AvgIpc) is 3.02. The molecule has 0 unspecified atom stereocenters. The number of hydrogen-bond donors (Lipinski definition) is 3. The lowest BCUT2D eigenvalue weighted by molar-refractivity contribution is 0.0909. The van der Waals surface area contributed by atoms with E-state index >= 15 is 0 Å². The van der Waals surface area contributed by atoms with Crippen LogP contribution in [-0.4, -0.2) is 25.1 Å². The third kappa shape index (κ3) is 4.43. The standard InChI is InChI=1S/C21H23N3O4/c1-13-8-9-17(14(2)12-13)27-11-10-22-21(26)24-23-20(25)19-15(3)16-6-4-5-7-18(16)28-19/h4-9,12H,10-11H2,1-3H3,(H,23,25)(H2,22,24,26). The Morgan fingerprint density at radius 1 is 1.04 bits per heavy atom. The summed E-state index contributed by atoms with van der Waals surface area (Å²) < 4.78 is 11.2. The van der Waals surface area contributed by atoms with Crippen LogP contribution in [0, 0.1) is 20.8 Å². The lowest BCUT2D eigenvalue weighted by atomic mass is 10.1. The molecule has 2 aromatic carbocycles. The summed E-state index contributed by atoms with van der Waals surface area (Å²) in [6, 6.07) is 12.7. The number of urea groups is 1. The molecule has 0 saturated carbocycles. The van der Waals surface area contributed by atoms with Gasteiger partial charge in [0.25, 0.3) is 0 Å². The maximum atomic E-state index is 12.2. The van der Waals surface area contributed by atoms with Crippen LogP contribution in [0.3, 0.4) is 0 Å². The SMILES string of the molecule is Cc1ccc(OCCNC(=O)NNC(=O)c2oc3ccccc3c2C)c(C)c1. The van der Waals surface area contributed by atoms with Crippen LogP contribution in [0.25, 0.3) is 11.0 Å². The van der Waals surface area contributed by atoms with Gasteiger partial charge in [0.1, 0.15) is 17.9 Å². The predicted molar refractivity (Wildman–Crippen MR) is 106 cm³/mol. The van der Waals surface area contributed by atoms with Gasteiger partial charge in [-0.05, 0) is 38.5 Å². The van der Waals surface area contributed by atoms with Crippen LogP contribution in [0.15, 0.2) is 46.9 Å². The van der Waals surface area contributed by atoms with Crippen molar-refractivity contribution in [2.75, 3.05) is 13.2 Å². The number of fused-ring (bicyclic) bond motifs is 1. The van der Waals surface area contributed by atoms with E-state index in [-0.39, 0.29) is 5.76 Å². The van der Waals surface area contributed by atoms with Gasteiger partial charge in [0.2, 0.25) is 0 Å². The molecule has 3 aromatic rings. The van der Waals surface area contributed by atoms with Crippen molar-refractivity contribution in [1.29, 1.82) is 0 Å². The highest BCUT2D eigenvalue weighted by Crippen LogP contribution is 2.24. The summed E-state index contributed by atoms with van der Waals surface area (Å²) >= 11 is 0. The largest absolute Gasteiger partial charge is 0.491 e. The first-order valence-corrected chi connectivity index (χ1v) is 8.98. The molecule has 0 radical (unpaired) electrons. The fourth-order valence-electron chi connectivity index (χ4n) is 2.89. The number of furan rings is 1. The highest BCUT2D eigenvalue weighted by molar-refractivity contribution is 5.99. The summed E-state index contributed by atoms with van der Waals surface area (Å²) in [7, 11) is 0. The van der Waals surface area contributed by atoms with Crippen LogP contribution < -0.4 is 20.9 Å². The smallest absolute Gasteiger partial charge is 0.333 e. The zero-order valence-corrected chi connectivity index (χ0v) is 16.1. The Labute approximate surface area is 163 Å². The molecule has 0 spiro atoms. The molecular weight excluding hydrogens is 358 g/mol. The Kier molecular flexibility index (Phi) is 5.84. The summed E-state index contributed by atoms with van der Waals surface area (Å²) in [4.78, 5) is 24.1. The number of carbonyl (C=O) groups is 2. The Morgan fingerprint density at radius 2 is 1.82 bits per heavy atom. The van der Waals surface area contributed by atoms with E-state index in [0.717, 1.165) is 27.8 Å². The number of rotatable bonds is 5. The average molecular weight is 381 g/mol. The molecule has 146 valence electrons. The molecule has 1 aromatic heterocycles. The number of amides is 3. The minimum atomic E-state index is -0.536. The van der Waals surface area contributed by atoms with Gasteiger partial charge in [-0.3, -0.25) is 10.2 Å². The summed E-state index contributed by atoms with van der Waals surface area (Å²) in [5.41, 5.74) is 8.19. The molecule has 0 atom stereocenters. The molecule has 7 nitrogen and oxygen atoms in total. The molecular formula is C21H23N3O4. The number of nitrogens with one attached hydrogen (secondary N) is 3. The number of ether oxygens (including phenoxy) is 1. The zero-order valence-electron chi connectivity index (χ0n) is 16.1. The van der Waals surface area contributed by atoms with Crippen molar-refractivity contribution in [3.8, 4) is 5.75 Å². The molecule has 0 bridgehead atoms. The zero-order chi connectivity index (χ0) is 20.1. The molecule has 3 amide bonds. The molecule has 0 aliphatic heterocycles. The molecule has 0 saturated heterocycles. The summed E-state index contributed by atoms with van der Waals surface area (Å²) in [6.07, 6.45) is 0. The number of benzene rings is 2. The third-order valence-corrected chi connectivity index (χ3v) is 4.32. The van der Waals surface area contributed by atoms with Gasteiger partial charge in [-0.15, -0.1) is 0 Å². The fourth-order valence-corrected chi connectivity index (χ4v) is 2.89. The first-order chi connectivity index (χ1) is 13.5.